The highest BCUT2D eigenvalue weighted by atomic mass is 16.4. The van der Waals surface area contributed by atoms with Crippen LogP contribution in [-0.2, 0) is 9.59 Å². The van der Waals surface area contributed by atoms with Crippen molar-refractivity contribution < 1.29 is 19.8 Å². The van der Waals surface area contributed by atoms with Crippen LogP contribution >= 0.6 is 0 Å². The molecular weight excluding hydrogens is 268 g/mol. The van der Waals surface area contributed by atoms with Gasteiger partial charge in [-0.3, -0.25) is 4.79 Å². The molecule has 122 valence electrons. The van der Waals surface area contributed by atoms with Gasteiger partial charge in [0, 0.05) is 12.5 Å². The molecule has 0 amide bonds. The highest BCUT2D eigenvalue weighted by molar-refractivity contribution is 5.79. The molecule has 4 nitrogen and oxygen atoms in total. The molecule has 0 aromatic carbocycles. The van der Waals surface area contributed by atoms with E-state index in [1.165, 1.54) is 31.8 Å². The summed E-state index contributed by atoms with van der Waals surface area (Å²) < 4.78 is 0. The van der Waals surface area contributed by atoms with Gasteiger partial charge in [0.25, 0.3) is 0 Å². The number of hydrogen-bond acceptors (Lipinski definition) is 2. The summed E-state index contributed by atoms with van der Waals surface area (Å²) in [6.45, 7) is 2.28. The molecule has 0 aliphatic rings. The first-order chi connectivity index (χ1) is 10.0. The fraction of sp³-hybridized carbons (Fsp3) is 0.765. The molecule has 0 saturated carbocycles. The molecule has 2 N–H and O–H groups in total. The Bertz CT molecular complexity index is 310. The van der Waals surface area contributed by atoms with Crippen molar-refractivity contribution in [2.24, 2.45) is 5.92 Å². The van der Waals surface area contributed by atoms with Crippen molar-refractivity contribution >= 4 is 11.9 Å². The van der Waals surface area contributed by atoms with Gasteiger partial charge in [-0.05, 0) is 25.2 Å². The lowest BCUT2D eigenvalue weighted by Gasteiger charge is -2.10. The molecule has 0 rings (SSSR count). The lowest BCUT2D eigenvalue weighted by atomic mass is 9.96. The third kappa shape index (κ3) is 16.6. The quantitative estimate of drug-likeness (QED) is 0.362. The highest BCUT2D eigenvalue weighted by Crippen LogP contribution is 2.17. The number of carboxylic acids is 2. The first-order valence-electron chi connectivity index (χ1n) is 8.13. The van der Waals surface area contributed by atoms with Crippen LogP contribution in [0, 0.1) is 5.92 Å². The molecule has 0 bridgehead atoms. The van der Waals surface area contributed by atoms with Gasteiger partial charge in [0.2, 0.25) is 0 Å². The second-order valence-electron chi connectivity index (χ2n) is 5.83. The third-order valence-corrected chi connectivity index (χ3v) is 3.67. The van der Waals surface area contributed by atoms with Crippen LogP contribution in [0.5, 0.6) is 0 Å². The lowest BCUT2D eigenvalue weighted by molar-refractivity contribution is -0.137. The van der Waals surface area contributed by atoms with Crippen molar-refractivity contribution in [3.05, 3.63) is 12.2 Å². The number of hydrogen-bond donors (Lipinski definition) is 2. The average molecular weight is 298 g/mol. The van der Waals surface area contributed by atoms with E-state index in [1.807, 2.05) is 0 Å². The van der Waals surface area contributed by atoms with Crippen molar-refractivity contribution in [3.63, 3.8) is 0 Å². The molecule has 0 saturated heterocycles. The fourth-order valence-electron chi connectivity index (χ4n) is 2.38. The first kappa shape index (κ1) is 19.7. The standard InChI is InChI=1S/C17H30O4/c1-15(12-8-5-6-10-14-17(20)21)11-7-3-2-4-9-13-16(18)19/h10,14-15H,2-9,11-13H2,1H3,(H,18,19)(H,20,21). The SMILES string of the molecule is CC(CCCCC=CC(=O)O)CCCCCCCC(=O)O. The van der Waals surface area contributed by atoms with Gasteiger partial charge in [-0.25, -0.2) is 4.79 Å². The molecule has 1 atom stereocenters. The minimum absolute atomic E-state index is 0.298. The van der Waals surface area contributed by atoms with Crippen LogP contribution in [0.25, 0.3) is 0 Å². The number of carboxylic acid groups (broad SMARTS) is 2. The van der Waals surface area contributed by atoms with Crippen LogP contribution in [0.3, 0.4) is 0 Å². The van der Waals surface area contributed by atoms with Crippen molar-refractivity contribution in [1.82, 2.24) is 0 Å². The predicted molar refractivity (Wildman–Crippen MR) is 84.4 cm³/mol. The molecule has 4 heteroatoms. The predicted octanol–water partition coefficient (Wildman–Crippen LogP) is 4.64. The van der Waals surface area contributed by atoms with Gasteiger partial charge < -0.3 is 10.2 Å². The Morgan fingerprint density at radius 1 is 0.905 bits per heavy atom. The molecule has 21 heavy (non-hydrogen) atoms. The smallest absolute Gasteiger partial charge is 0.327 e. The zero-order valence-corrected chi connectivity index (χ0v) is 13.2. The Morgan fingerprint density at radius 3 is 2.10 bits per heavy atom. The Kier molecular flexibility index (Phi) is 12.8. The monoisotopic (exact) mass is 298 g/mol. The maximum Gasteiger partial charge on any atom is 0.327 e. The van der Waals surface area contributed by atoms with Gasteiger partial charge in [0.1, 0.15) is 0 Å². The number of unbranched alkanes of at least 4 members (excludes halogenated alkanes) is 6. The Morgan fingerprint density at radius 2 is 1.48 bits per heavy atom. The Hall–Kier alpha value is -1.32. The molecule has 0 spiro atoms. The summed E-state index contributed by atoms with van der Waals surface area (Å²) in [7, 11) is 0. The molecular formula is C17H30O4. The summed E-state index contributed by atoms with van der Waals surface area (Å²) in [6.07, 6.45) is 14.1. The molecule has 0 aliphatic carbocycles. The lowest BCUT2D eigenvalue weighted by Crippen LogP contribution is -1.96. The van der Waals surface area contributed by atoms with E-state index in [1.54, 1.807) is 6.08 Å². The van der Waals surface area contributed by atoms with E-state index in [-0.39, 0.29) is 0 Å². The largest absolute Gasteiger partial charge is 0.481 e. The van der Waals surface area contributed by atoms with E-state index >= 15 is 0 Å². The summed E-state index contributed by atoms with van der Waals surface area (Å²) in [5, 5.41) is 17.0. The van der Waals surface area contributed by atoms with Crippen molar-refractivity contribution in [3.8, 4) is 0 Å². The van der Waals surface area contributed by atoms with Gasteiger partial charge in [0.05, 0.1) is 0 Å². The topological polar surface area (TPSA) is 74.6 Å². The summed E-state index contributed by atoms with van der Waals surface area (Å²) in [5.74, 6) is -0.832. The minimum Gasteiger partial charge on any atom is -0.481 e. The first-order valence-corrected chi connectivity index (χ1v) is 8.13. The van der Waals surface area contributed by atoms with E-state index < -0.39 is 11.9 Å². The molecule has 0 heterocycles. The second-order valence-corrected chi connectivity index (χ2v) is 5.83. The van der Waals surface area contributed by atoms with E-state index in [4.69, 9.17) is 10.2 Å². The summed E-state index contributed by atoms with van der Waals surface area (Å²) in [5.41, 5.74) is 0. The van der Waals surface area contributed by atoms with Gasteiger partial charge in [0.15, 0.2) is 0 Å². The Labute approximate surface area is 128 Å². The average Bonchev–Trinajstić information content (AvgIpc) is 2.41. The zero-order chi connectivity index (χ0) is 15.9. The van der Waals surface area contributed by atoms with Crippen molar-refractivity contribution in [2.45, 2.75) is 77.6 Å². The molecule has 0 radical (unpaired) electrons. The molecule has 0 aliphatic heterocycles. The van der Waals surface area contributed by atoms with Gasteiger partial charge >= 0.3 is 11.9 Å². The molecule has 0 fully saturated rings. The van der Waals surface area contributed by atoms with Gasteiger partial charge in [-0.2, -0.15) is 0 Å². The summed E-state index contributed by atoms with van der Waals surface area (Å²) in [4.78, 5) is 20.6. The van der Waals surface area contributed by atoms with Gasteiger partial charge in [-0.1, -0.05) is 57.9 Å². The number of allylic oxidation sites excluding steroid dienone is 1. The normalized spacial score (nSPS) is 12.6. The molecule has 0 aromatic rings. The summed E-state index contributed by atoms with van der Waals surface area (Å²) in [6, 6.07) is 0. The van der Waals surface area contributed by atoms with E-state index in [9.17, 15) is 9.59 Å². The number of rotatable bonds is 14. The Balaban J connectivity index is 3.29. The minimum atomic E-state index is -0.869. The van der Waals surface area contributed by atoms with Crippen LogP contribution in [0.15, 0.2) is 12.2 Å². The highest BCUT2D eigenvalue weighted by Gasteiger charge is 2.02. The fourth-order valence-corrected chi connectivity index (χ4v) is 2.38. The summed E-state index contributed by atoms with van der Waals surface area (Å²) >= 11 is 0. The van der Waals surface area contributed by atoms with E-state index in [2.05, 4.69) is 6.92 Å². The maximum atomic E-state index is 10.3. The number of carbonyl (C=O) groups is 2. The van der Waals surface area contributed by atoms with Crippen LogP contribution in [-0.4, -0.2) is 22.2 Å². The maximum absolute atomic E-state index is 10.3. The van der Waals surface area contributed by atoms with Crippen LogP contribution in [0.4, 0.5) is 0 Å². The number of aliphatic carboxylic acids is 2. The van der Waals surface area contributed by atoms with Crippen LogP contribution in [0.2, 0.25) is 0 Å². The van der Waals surface area contributed by atoms with Gasteiger partial charge in [-0.15, -0.1) is 0 Å². The second kappa shape index (κ2) is 13.7. The van der Waals surface area contributed by atoms with E-state index in [0.717, 1.165) is 44.4 Å². The van der Waals surface area contributed by atoms with Crippen LogP contribution < -0.4 is 0 Å². The molecule has 1 unspecified atom stereocenters. The van der Waals surface area contributed by atoms with Crippen LogP contribution in [0.1, 0.15) is 77.6 Å². The third-order valence-electron chi connectivity index (χ3n) is 3.67. The van der Waals surface area contributed by atoms with E-state index in [0.29, 0.717) is 6.42 Å². The van der Waals surface area contributed by atoms with Crippen molar-refractivity contribution in [2.75, 3.05) is 0 Å². The zero-order valence-electron chi connectivity index (χ0n) is 13.2. The van der Waals surface area contributed by atoms with Crippen molar-refractivity contribution in [1.29, 1.82) is 0 Å². The molecule has 0 aromatic heterocycles.